The Morgan fingerprint density at radius 2 is 1.76 bits per heavy atom. The van der Waals surface area contributed by atoms with Gasteiger partial charge in [0.05, 0.1) is 18.2 Å². The Bertz CT molecular complexity index is 1400. The predicted octanol–water partition coefficient (Wildman–Crippen LogP) is 4.17. The summed E-state index contributed by atoms with van der Waals surface area (Å²) in [4.78, 5) is 41.8. The SMILES string of the molecule is CCNC(=O)CCCNC(=O)C1c2ccccc2C(=O)N(C2CCCCC2NS(C)(=O)=O)C1c1ccc(Cl)cc1Cl. The molecule has 0 bridgehead atoms. The summed E-state index contributed by atoms with van der Waals surface area (Å²) < 4.78 is 27.4. The molecule has 0 radical (unpaired) electrons. The highest BCUT2D eigenvalue weighted by molar-refractivity contribution is 7.88. The Kier molecular flexibility index (Phi) is 10.3. The van der Waals surface area contributed by atoms with E-state index in [0.717, 1.165) is 19.1 Å². The summed E-state index contributed by atoms with van der Waals surface area (Å²) in [5.41, 5.74) is 1.50. The predicted molar refractivity (Wildman–Crippen MR) is 160 cm³/mol. The van der Waals surface area contributed by atoms with Gasteiger partial charge in [0.2, 0.25) is 21.8 Å². The normalized spacial score (nSPS) is 22.6. The van der Waals surface area contributed by atoms with Crippen LogP contribution in [0.4, 0.5) is 0 Å². The molecule has 0 spiro atoms. The first-order valence-corrected chi connectivity index (χ1v) is 16.5. The van der Waals surface area contributed by atoms with Gasteiger partial charge in [0.1, 0.15) is 0 Å². The van der Waals surface area contributed by atoms with Crippen molar-refractivity contribution in [1.29, 1.82) is 0 Å². The third-order valence-electron chi connectivity index (χ3n) is 7.65. The van der Waals surface area contributed by atoms with Gasteiger partial charge in [-0.1, -0.05) is 60.3 Å². The van der Waals surface area contributed by atoms with E-state index in [2.05, 4.69) is 15.4 Å². The molecule has 41 heavy (non-hydrogen) atoms. The van der Waals surface area contributed by atoms with Crippen LogP contribution in [0.3, 0.4) is 0 Å². The van der Waals surface area contributed by atoms with Crippen molar-refractivity contribution in [2.75, 3.05) is 19.3 Å². The molecule has 9 nitrogen and oxygen atoms in total. The quantitative estimate of drug-likeness (QED) is 0.343. The maximum Gasteiger partial charge on any atom is 0.255 e. The number of halogens is 2. The molecule has 1 saturated carbocycles. The van der Waals surface area contributed by atoms with E-state index in [9.17, 15) is 22.8 Å². The Morgan fingerprint density at radius 1 is 1.02 bits per heavy atom. The number of carbonyl (C=O) groups is 3. The summed E-state index contributed by atoms with van der Waals surface area (Å²) in [6, 6.07) is 10.1. The topological polar surface area (TPSA) is 125 Å². The zero-order valence-corrected chi connectivity index (χ0v) is 25.5. The largest absolute Gasteiger partial charge is 0.356 e. The first-order chi connectivity index (χ1) is 19.5. The number of nitrogens with zero attached hydrogens (tertiary/aromatic N) is 1. The highest BCUT2D eigenvalue weighted by atomic mass is 35.5. The minimum absolute atomic E-state index is 0.0888. The van der Waals surface area contributed by atoms with Gasteiger partial charge in [-0.25, -0.2) is 13.1 Å². The van der Waals surface area contributed by atoms with Crippen LogP contribution in [0.5, 0.6) is 0 Å². The number of benzene rings is 2. The number of hydrogen-bond acceptors (Lipinski definition) is 5. The van der Waals surface area contributed by atoms with Crippen LogP contribution in [0, 0.1) is 0 Å². The van der Waals surface area contributed by atoms with Crippen molar-refractivity contribution in [3.8, 4) is 0 Å². The third-order valence-corrected chi connectivity index (χ3v) is 8.94. The lowest BCUT2D eigenvalue weighted by atomic mass is 9.76. The average molecular weight is 624 g/mol. The van der Waals surface area contributed by atoms with E-state index < -0.39 is 34.1 Å². The zero-order valence-electron chi connectivity index (χ0n) is 23.2. The van der Waals surface area contributed by atoms with Crippen molar-refractivity contribution in [2.24, 2.45) is 0 Å². The van der Waals surface area contributed by atoms with Crippen LogP contribution < -0.4 is 15.4 Å². The summed E-state index contributed by atoms with van der Waals surface area (Å²) in [6.07, 6.45) is 4.55. The maximum atomic E-state index is 14.3. The van der Waals surface area contributed by atoms with Gasteiger partial charge in [0, 0.05) is 47.2 Å². The molecule has 1 fully saturated rings. The van der Waals surface area contributed by atoms with E-state index >= 15 is 0 Å². The van der Waals surface area contributed by atoms with Gasteiger partial charge in [-0.3, -0.25) is 14.4 Å². The van der Waals surface area contributed by atoms with Gasteiger partial charge in [-0.15, -0.1) is 0 Å². The Morgan fingerprint density at radius 3 is 2.46 bits per heavy atom. The number of carbonyl (C=O) groups excluding carboxylic acids is 3. The molecular weight excluding hydrogens is 587 g/mol. The fourth-order valence-electron chi connectivity index (χ4n) is 5.98. The molecule has 4 rings (SSSR count). The fraction of sp³-hybridized carbons (Fsp3) is 0.483. The lowest BCUT2D eigenvalue weighted by Crippen LogP contribution is -2.59. The van der Waals surface area contributed by atoms with Crippen molar-refractivity contribution >= 4 is 50.9 Å². The molecule has 2 aromatic rings. The van der Waals surface area contributed by atoms with Crippen molar-refractivity contribution in [3.05, 3.63) is 69.2 Å². The lowest BCUT2D eigenvalue weighted by Gasteiger charge is -2.49. The van der Waals surface area contributed by atoms with E-state index in [0.29, 0.717) is 52.5 Å². The third kappa shape index (κ3) is 7.41. The summed E-state index contributed by atoms with van der Waals surface area (Å²) in [7, 11) is -3.57. The van der Waals surface area contributed by atoms with Gasteiger partial charge < -0.3 is 15.5 Å². The Labute approximate surface area is 251 Å². The molecule has 3 amide bonds. The van der Waals surface area contributed by atoms with Gasteiger partial charge in [0.15, 0.2) is 0 Å². The van der Waals surface area contributed by atoms with Crippen molar-refractivity contribution in [1.82, 2.24) is 20.3 Å². The number of rotatable bonds is 10. The lowest BCUT2D eigenvalue weighted by molar-refractivity contribution is -0.125. The van der Waals surface area contributed by atoms with Crippen molar-refractivity contribution in [3.63, 3.8) is 0 Å². The highest BCUT2D eigenvalue weighted by Crippen LogP contribution is 2.47. The summed E-state index contributed by atoms with van der Waals surface area (Å²) in [5.74, 6) is -1.53. The minimum Gasteiger partial charge on any atom is -0.356 e. The molecule has 1 aliphatic heterocycles. The second kappa shape index (κ2) is 13.5. The second-order valence-corrected chi connectivity index (χ2v) is 13.2. The molecule has 4 atom stereocenters. The smallest absolute Gasteiger partial charge is 0.255 e. The zero-order chi connectivity index (χ0) is 29.7. The van der Waals surface area contributed by atoms with Crippen LogP contribution in [0.2, 0.25) is 10.0 Å². The van der Waals surface area contributed by atoms with Crippen LogP contribution in [-0.4, -0.2) is 62.5 Å². The van der Waals surface area contributed by atoms with E-state index in [1.807, 2.05) is 6.92 Å². The number of nitrogens with one attached hydrogen (secondary N) is 3. The van der Waals surface area contributed by atoms with Crippen LogP contribution in [-0.2, 0) is 19.6 Å². The molecule has 1 aliphatic carbocycles. The summed E-state index contributed by atoms with van der Waals surface area (Å²) in [6.45, 7) is 2.65. The Balaban J connectivity index is 1.79. The maximum absolute atomic E-state index is 14.3. The molecule has 4 unspecified atom stereocenters. The summed E-state index contributed by atoms with van der Waals surface area (Å²) in [5, 5.41) is 6.43. The van der Waals surface area contributed by atoms with Gasteiger partial charge in [0.25, 0.3) is 5.91 Å². The molecule has 0 saturated heterocycles. The van der Waals surface area contributed by atoms with E-state index in [1.165, 1.54) is 0 Å². The molecule has 12 heteroatoms. The average Bonchev–Trinajstić information content (AvgIpc) is 2.91. The molecular formula is C29H36Cl2N4O5S. The van der Waals surface area contributed by atoms with Crippen molar-refractivity contribution in [2.45, 2.75) is 69.5 Å². The summed E-state index contributed by atoms with van der Waals surface area (Å²) >= 11 is 13.0. The monoisotopic (exact) mass is 622 g/mol. The molecule has 1 heterocycles. The minimum atomic E-state index is -3.57. The number of hydrogen-bond donors (Lipinski definition) is 3. The van der Waals surface area contributed by atoms with E-state index in [-0.39, 0.29) is 30.7 Å². The van der Waals surface area contributed by atoms with Gasteiger partial charge in [-0.05, 0) is 55.5 Å². The number of fused-ring (bicyclic) bond motifs is 1. The van der Waals surface area contributed by atoms with E-state index in [1.54, 1.807) is 47.4 Å². The Hall–Kier alpha value is -2.66. The van der Waals surface area contributed by atoms with Gasteiger partial charge in [-0.2, -0.15) is 0 Å². The second-order valence-electron chi connectivity index (χ2n) is 10.6. The first-order valence-electron chi connectivity index (χ1n) is 13.9. The van der Waals surface area contributed by atoms with Crippen LogP contribution in [0.25, 0.3) is 0 Å². The molecule has 2 aliphatic rings. The van der Waals surface area contributed by atoms with Crippen LogP contribution in [0.15, 0.2) is 42.5 Å². The molecule has 2 aromatic carbocycles. The van der Waals surface area contributed by atoms with Gasteiger partial charge >= 0.3 is 0 Å². The fourth-order valence-corrected chi connectivity index (χ4v) is 7.33. The molecule has 222 valence electrons. The molecule has 3 N–H and O–H groups in total. The standard InChI is InChI=1S/C29H36Cl2N4O5S/c1-3-32-25(36)13-8-16-33-28(37)26-19-9-4-5-10-20(19)29(38)35(27(26)21-15-14-18(30)17-22(21)31)24-12-7-6-11-23(24)34-41(2,39)40/h4-5,9-10,14-15,17,23-24,26-27,34H,3,6-8,11-13,16H2,1-2H3,(H,32,36)(H,33,37). The van der Waals surface area contributed by atoms with Crippen LogP contribution >= 0.6 is 23.2 Å². The number of amides is 3. The first kappa shape index (κ1) is 31.3. The number of sulfonamides is 1. The van der Waals surface area contributed by atoms with Crippen molar-refractivity contribution < 1.29 is 22.8 Å². The molecule has 0 aromatic heterocycles. The highest BCUT2D eigenvalue weighted by Gasteiger charge is 2.49. The van der Waals surface area contributed by atoms with E-state index in [4.69, 9.17) is 23.2 Å². The van der Waals surface area contributed by atoms with Crippen LogP contribution in [0.1, 0.15) is 78.9 Å².